The van der Waals surface area contributed by atoms with Gasteiger partial charge in [0.25, 0.3) is 0 Å². The molecule has 0 aliphatic rings. The van der Waals surface area contributed by atoms with Gasteiger partial charge in [0.15, 0.2) is 0 Å². The van der Waals surface area contributed by atoms with Gasteiger partial charge in [-0.1, -0.05) is 23.2 Å². The van der Waals surface area contributed by atoms with Crippen molar-refractivity contribution in [1.29, 1.82) is 0 Å². The summed E-state index contributed by atoms with van der Waals surface area (Å²) in [5, 5.41) is 18.9. The predicted molar refractivity (Wildman–Crippen MR) is 63.5 cm³/mol. The van der Waals surface area contributed by atoms with Crippen LogP contribution in [-0.2, 0) is 0 Å². The number of aliphatic hydroxyl groups excluding tert-OH is 1. The lowest BCUT2D eigenvalue weighted by Gasteiger charge is -2.21. The highest BCUT2D eigenvalue weighted by Crippen LogP contribution is 2.29. The van der Waals surface area contributed by atoms with Gasteiger partial charge in [-0.3, -0.25) is 4.90 Å². The lowest BCUT2D eigenvalue weighted by atomic mass is 10.2. The lowest BCUT2D eigenvalue weighted by molar-refractivity contribution is 0.180. The molecular formula is C10H11Cl2NO3. The quantitative estimate of drug-likeness (QED) is 0.882. The average Bonchev–Trinajstić information content (AvgIpc) is 2.14. The smallest absolute Gasteiger partial charge is 0.411 e. The van der Waals surface area contributed by atoms with Crippen molar-refractivity contribution in [2.75, 3.05) is 11.4 Å². The van der Waals surface area contributed by atoms with Crippen molar-refractivity contribution in [2.45, 2.75) is 13.0 Å². The minimum absolute atomic E-state index is 0.0450. The number of nitrogens with zero attached hydrogens (tertiary/aromatic N) is 1. The molecule has 0 spiro atoms. The zero-order valence-corrected chi connectivity index (χ0v) is 10.0. The molecule has 0 radical (unpaired) electrons. The summed E-state index contributed by atoms with van der Waals surface area (Å²) in [7, 11) is 0. The second-order valence-electron chi connectivity index (χ2n) is 3.34. The third kappa shape index (κ3) is 3.27. The number of amides is 1. The lowest BCUT2D eigenvalue weighted by Crippen LogP contribution is -2.35. The van der Waals surface area contributed by atoms with Crippen LogP contribution in [0, 0.1) is 0 Å². The van der Waals surface area contributed by atoms with E-state index < -0.39 is 12.2 Å². The SMILES string of the molecule is C[C@@H](O)CN(C(=O)O)c1ccc(Cl)cc1Cl. The van der Waals surface area contributed by atoms with E-state index in [1.54, 1.807) is 6.07 Å². The Morgan fingerprint density at radius 1 is 1.50 bits per heavy atom. The Balaban J connectivity index is 3.06. The summed E-state index contributed by atoms with van der Waals surface area (Å²) < 4.78 is 0. The van der Waals surface area contributed by atoms with E-state index in [1.165, 1.54) is 19.1 Å². The summed E-state index contributed by atoms with van der Waals surface area (Å²) in [5.41, 5.74) is 0.305. The maximum atomic E-state index is 11.0. The molecule has 1 amide bonds. The number of halogens is 2. The zero-order chi connectivity index (χ0) is 12.3. The van der Waals surface area contributed by atoms with Crippen LogP contribution < -0.4 is 4.90 Å². The van der Waals surface area contributed by atoms with Crippen LogP contribution >= 0.6 is 23.2 Å². The Bertz CT molecular complexity index is 396. The molecule has 16 heavy (non-hydrogen) atoms. The van der Waals surface area contributed by atoms with Crippen LogP contribution in [-0.4, -0.2) is 29.0 Å². The van der Waals surface area contributed by atoms with Gasteiger partial charge in [-0.05, 0) is 25.1 Å². The van der Waals surface area contributed by atoms with E-state index >= 15 is 0 Å². The molecule has 1 atom stereocenters. The molecule has 0 fully saturated rings. The highest BCUT2D eigenvalue weighted by Gasteiger charge is 2.19. The minimum Gasteiger partial charge on any atom is -0.465 e. The van der Waals surface area contributed by atoms with E-state index in [0.717, 1.165) is 4.90 Å². The van der Waals surface area contributed by atoms with Crippen LogP contribution in [0.1, 0.15) is 6.92 Å². The molecule has 4 nitrogen and oxygen atoms in total. The van der Waals surface area contributed by atoms with E-state index in [9.17, 15) is 9.90 Å². The number of anilines is 1. The molecular weight excluding hydrogens is 253 g/mol. The highest BCUT2D eigenvalue weighted by molar-refractivity contribution is 6.36. The summed E-state index contributed by atoms with van der Waals surface area (Å²) in [4.78, 5) is 12.0. The van der Waals surface area contributed by atoms with E-state index in [-0.39, 0.29) is 11.6 Å². The summed E-state index contributed by atoms with van der Waals surface area (Å²) in [5.74, 6) is 0. The molecule has 0 aliphatic heterocycles. The maximum absolute atomic E-state index is 11.0. The number of hydrogen-bond acceptors (Lipinski definition) is 2. The Kier molecular flexibility index (Phi) is 4.41. The maximum Gasteiger partial charge on any atom is 0.411 e. The summed E-state index contributed by atoms with van der Waals surface area (Å²) in [6, 6.07) is 4.50. The van der Waals surface area contributed by atoms with Gasteiger partial charge in [0.2, 0.25) is 0 Å². The molecule has 0 aromatic heterocycles. The Labute approximate surface area is 103 Å². The summed E-state index contributed by atoms with van der Waals surface area (Å²) in [6.07, 6.45) is -1.95. The number of carbonyl (C=O) groups is 1. The fourth-order valence-electron chi connectivity index (χ4n) is 1.24. The van der Waals surface area contributed by atoms with Crippen molar-refractivity contribution in [2.24, 2.45) is 0 Å². The van der Waals surface area contributed by atoms with Crippen molar-refractivity contribution in [3.8, 4) is 0 Å². The molecule has 1 aromatic rings. The first kappa shape index (κ1) is 13.1. The number of benzene rings is 1. The predicted octanol–water partition coefficient (Wildman–Crippen LogP) is 2.86. The van der Waals surface area contributed by atoms with Crippen molar-refractivity contribution < 1.29 is 15.0 Å². The van der Waals surface area contributed by atoms with Gasteiger partial charge < -0.3 is 10.2 Å². The fourth-order valence-corrected chi connectivity index (χ4v) is 1.75. The van der Waals surface area contributed by atoms with Crippen LogP contribution in [0.15, 0.2) is 18.2 Å². The first-order chi connectivity index (χ1) is 7.41. The van der Waals surface area contributed by atoms with Crippen molar-refractivity contribution in [3.63, 3.8) is 0 Å². The van der Waals surface area contributed by atoms with Gasteiger partial charge in [-0.25, -0.2) is 4.79 Å². The monoisotopic (exact) mass is 263 g/mol. The van der Waals surface area contributed by atoms with E-state index in [0.29, 0.717) is 10.7 Å². The van der Waals surface area contributed by atoms with Crippen molar-refractivity contribution in [1.82, 2.24) is 0 Å². The van der Waals surface area contributed by atoms with Gasteiger partial charge >= 0.3 is 6.09 Å². The molecule has 1 rings (SSSR count). The Hall–Kier alpha value is -0.970. The first-order valence-electron chi connectivity index (χ1n) is 4.55. The zero-order valence-electron chi connectivity index (χ0n) is 8.52. The van der Waals surface area contributed by atoms with Crippen LogP contribution in [0.25, 0.3) is 0 Å². The molecule has 88 valence electrons. The second-order valence-corrected chi connectivity index (χ2v) is 4.18. The van der Waals surface area contributed by atoms with Crippen LogP contribution in [0.4, 0.5) is 10.5 Å². The number of rotatable bonds is 3. The largest absolute Gasteiger partial charge is 0.465 e. The van der Waals surface area contributed by atoms with Gasteiger partial charge in [0.1, 0.15) is 0 Å². The second kappa shape index (κ2) is 5.39. The number of carboxylic acid groups (broad SMARTS) is 1. The third-order valence-electron chi connectivity index (χ3n) is 1.88. The molecule has 0 unspecified atom stereocenters. The molecule has 0 heterocycles. The molecule has 0 bridgehead atoms. The molecule has 1 aromatic carbocycles. The van der Waals surface area contributed by atoms with E-state index in [1.807, 2.05) is 0 Å². The third-order valence-corrected chi connectivity index (χ3v) is 2.42. The first-order valence-corrected chi connectivity index (χ1v) is 5.31. The molecule has 6 heteroatoms. The van der Waals surface area contributed by atoms with Gasteiger partial charge in [0.05, 0.1) is 23.4 Å². The highest BCUT2D eigenvalue weighted by atomic mass is 35.5. The number of hydrogen-bond donors (Lipinski definition) is 2. The Morgan fingerprint density at radius 2 is 2.12 bits per heavy atom. The molecule has 0 aliphatic carbocycles. The summed E-state index contributed by atoms with van der Waals surface area (Å²) in [6.45, 7) is 1.45. The average molecular weight is 264 g/mol. The normalized spacial score (nSPS) is 12.2. The van der Waals surface area contributed by atoms with Crippen LogP contribution in [0.5, 0.6) is 0 Å². The molecule has 2 N–H and O–H groups in total. The van der Waals surface area contributed by atoms with Gasteiger partial charge in [-0.2, -0.15) is 0 Å². The molecule has 0 saturated heterocycles. The van der Waals surface area contributed by atoms with E-state index in [4.69, 9.17) is 28.3 Å². The topological polar surface area (TPSA) is 60.8 Å². The Morgan fingerprint density at radius 3 is 2.56 bits per heavy atom. The summed E-state index contributed by atoms with van der Waals surface area (Å²) >= 11 is 11.6. The molecule has 0 saturated carbocycles. The van der Waals surface area contributed by atoms with Crippen LogP contribution in [0.2, 0.25) is 10.0 Å². The minimum atomic E-state index is -1.18. The van der Waals surface area contributed by atoms with Gasteiger partial charge in [0, 0.05) is 5.02 Å². The number of aliphatic hydroxyl groups is 1. The van der Waals surface area contributed by atoms with Gasteiger partial charge in [-0.15, -0.1) is 0 Å². The van der Waals surface area contributed by atoms with Crippen molar-refractivity contribution >= 4 is 35.0 Å². The van der Waals surface area contributed by atoms with E-state index in [2.05, 4.69) is 0 Å². The fraction of sp³-hybridized carbons (Fsp3) is 0.300. The van der Waals surface area contributed by atoms with Crippen LogP contribution in [0.3, 0.4) is 0 Å². The standard InChI is InChI=1S/C10H11Cl2NO3/c1-6(14)5-13(10(15)16)9-3-2-7(11)4-8(9)12/h2-4,6,14H,5H2,1H3,(H,15,16)/t6-/m1/s1. The van der Waals surface area contributed by atoms with Crippen molar-refractivity contribution in [3.05, 3.63) is 28.2 Å².